The highest BCUT2D eigenvalue weighted by Crippen LogP contribution is 2.49. The van der Waals surface area contributed by atoms with Crippen molar-refractivity contribution in [2.24, 2.45) is 0 Å². The number of piperazine rings is 1. The molecule has 2 amide bonds. The van der Waals surface area contributed by atoms with E-state index in [1.807, 2.05) is 29.2 Å². The minimum Gasteiger partial charge on any atom is -0.340 e. The van der Waals surface area contributed by atoms with Crippen molar-refractivity contribution in [3.63, 3.8) is 0 Å². The number of imide groups is 1. The Kier molecular flexibility index (Phi) is 5.26. The summed E-state index contributed by atoms with van der Waals surface area (Å²) in [7, 11) is 0. The van der Waals surface area contributed by atoms with Gasteiger partial charge in [0.05, 0.1) is 30.0 Å². The summed E-state index contributed by atoms with van der Waals surface area (Å²) < 4.78 is 39.7. The monoisotopic (exact) mass is 421 g/mol. The Bertz CT molecular complexity index is 948. The fourth-order valence-corrected chi connectivity index (χ4v) is 4.63. The first-order chi connectivity index (χ1) is 13.8. The molecule has 2 heterocycles. The zero-order valence-electron chi connectivity index (χ0n) is 15.3. The molecule has 0 aromatic heterocycles. The van der Waals surface area contributed by atoms with Gasteiger partial charge in [-0.2, -0.15) is 13.2 Å². The number of fused-ring (bicyclic) bond motifs is 2. The molecule has 2 aliphatic rings. The van der Waals surface area contributed by atoms with Gasteiger partial charge < -0.3 is 4.90 Å². The smallest absolute Gasteiger partial charge is 0.340 e. The molecule has 0 aliphatic carbocycles. The largest absolute Gasteiger partial charge is 0.416 e. The summed E-state index contributed by atoms with van der Waals surface area (Å²) in [6.45, 7) is 1.26. The van der Waals surface area contributed by atoms with Crippen molar-refractivity contribution in [3.8, 4) is 0 Å². The van der Waals surface area contributed by atoms with Crippen LogP contribution < -0.4 is 10.2 Å². The maximum absolute atomic E-state index is 13.2. The molecule has 1 fully saturated rings. The zero-order chi connectivity index (χ0) is 20.6. The van der Waals surface area contributed by atoms with Crippen molar-refractivity contribution in [2.45, 2.75) is 22.4 Å². The van der Waals surface area contributed by atoms with E-state index >= 15 is 0 Å². The zero-order valence-corrected chi connectivity index (χ0v) is 16.1. The van der Waals surface area contributed by atoms with E-state index < -0.39 is 11.7 Å². The van der Waals surface area contributed by atoms with Crippen molar-refractivity contribution >= 4 is 35.0 Å². The minimum absolute atomic E-state index is 0.146. The van der Waals surface area contributed by atoms with Crippen LogP contribution in [0.5, 0.6) is 0 Å². The van der Waals surface area contributed by atoms with Crippen LogP contribution in [0.4, 0.5) is 24.5 Å². The molecule has 2 aromatic rings. The number of carbonyl (C=O) groups excluding carboxylic acids is 2. The molecule has 29 heavy (non-hydrogen) atoms. The average Bonchev–Trinajstić information content (AvgIpc) is 2.65. The molecule has 5 nitrogen and oxygen atoms in total. The minimum atomic E-state index is -4.41. The number of hydrogen-bond donors (Lipinski definition) is 1. The van der Waals surface area contributed by atoms with Crippen LogP contribution in [0, 0.1) is 0 Å². The number of carbonyl (C=O) groups is 2. The number of amides is 2. The molecule has 1 saturated heterocycles. The van der Waals surface area contributed by atoms with Gasteiger partial charge in [0.15, 0.2) is 0 Å². The molecule has 1 N–H and O–H groups in total. The second-order valence-electron chi connectivity index (χ2n) is 6.94. The standard InChI is InChI=1S/C20H18F3N3O2S/c21-20(22,23)13-6-7-17-15(10-13)26(14-4-1-2-5-16(14)29-17)9-3-8-25-11-18(27)24-19(28)12-25/h1-2,4-7,10H,3,8-9,11-12H2,(H,24,27,28). The predicted molar refractivity (Wildman–Crippen MR) is 103 cm³/mol. The van der Waals surface area contributed by atoms with Gasteiger partial charge in [-0.15, -0.1) is 0 Å². The average molecular weight is 421 g/mol. The number of rotatable bonds is 4. The van der Waals surface area contributed by atoms with Crippen LogP contribution in [0.2, 0.25) is 0 Å². The first-order valence-electron chi connectivity index (χ1n) is 9.12. The van der Waals surface area contributed by atoms with Gasteiger partial charge >= 0.3 is 6.18 Å². The Hall–Kier alpha value is -2.52. The molecule has 152 valence electrons. The van der Waals surface area contributed by atoms with Crippen LogP contribution in [0.3, 0.4) is 0 Å². The summed E-state index contributed by atoms with van der Waals surface area (Å²) in [4.78, 5) is 28.4. The summed E-state index contributed by atoms with van der Waals surface area (Å²) in [5, 5.41) is 2.26. The fourth-order valence-electron chi connectivity index (χ4n) is 3.55. The maximum atomic E-state index is 13.2. The highest BCUT2D eigenvalue weighted by atomic mass is 32.2. The number of para-hydroxylation sites is 1. The van der Waals surface area contributed by atoms with E-state index in [4.69, 9.17) is 0 Å². The lowest BCUT2D eigenvalue weighted by Gasteiger charge is -2.34. The number of nitrogens with one attached hydrogen (secondary N) is 1. The third kappa shape index (κ3) is 4.25. The second-order valence-corrected chi connectivity index (χ2v) is 8.02. The van der Waals surface area contributed by atoms with E-state index in [0.717, 1.165) is 21.5 Å². The van der Waals surface area contributed by atoms with Gasteiger partial charge in [0, 0.05) is 22.9 Å². The summed E-state index contributed by atoms with van der Waals surface area (Å²) in [5.74, 6) is -0.665. The SMILES string of the molecule is O=C1CN(CCCN2c3ccccc3Sc3ccc(C(F)(F)F)cc32)CC(=O)N1. The topological polar surface area (TPSA) is 52.7 Å². The predicted octanol–water partition coefficient (Wildman–Crippen LogP) is 3.66. The van der Waals surface area contributed by atoms with E-state index in [1.165, 1.54) is 23.9 Å². The highest BCUT2D eigenvalue weighted by molar-refractivity contribution is 7.99. The normalized spacial score (nSPS) is 17.0. The Morgan fingerprint density at radius 3 is 2.34 bits per heavy atom. The first kappa shape index (κ1) is 19.8. The van der Waals surface area contributed by atoms with Gasteiger partial charge in [-0.05, 0) is 36.8 Å². The van der Waals surface area contributed by atoms with Crippen molar-refractivity contribution in [1.82, 2.24) is 10.2 Å². The molecular weight excluding hydrogens is 403 g/mol. The van der Waals surface area contributed by atoms with E-state index in [-0.39, 0.29) is 24.9 Å². The quantitative estimate of drug-likeness (QED) is 0.764. The van der Waals surface area contributed by atoms with Crippen LogP contribution in [0.1, 0.15) is 12.0 Å². The molecule has 9 heteroatoms. The fraction of sp³-hybridized carbons (Fsp3) is 0.300. The van der Waals surface area contributed by atoms with Crippen molar-refractivity contribution in [1.29, 1.82) is 0 Å². The van der Waals surface area contributed by atoms with Gasteiger partial charge in [-0.3, -0.25) is 19.8 Å². The summed E-state index contributed by atoms with van der Waals surface area (Å²) in [5.41, 5.74) is 0.701. The number of benzene rings is 2. The maximum Gasteiger partial charge on any atom is 0.416 e. The van der Waals surface area contributed by atoms with Gasteiger partial charge in [-0.1, -0.05) is 23.9 Å². The van der Waals surface area contributed by atoms with Crippen molar-refractivity contribution < 1.29 is 22.8 Å². The van der Waals surface area contributed by atoms with Crippen molar-refractivity contribution in [2.75, 3.05) is 31.1 Å². The van der Waals surface area contributed by atoms with Gasteiger partial charge in [0.1, 0.15) is 0 Å². The van der Waals surface area contributed by atoms with E-state index in [1.54, 1.807) is 4.90 Å². The molecule has 0 unspecified atom stereocenters. The lowest BCUT2D eigenvalue weighted by molar-refractivity contribution is -0.138. The number of hydrogen-bond acceptors (Lipinski definition) is 5. The molecule has 0 bridgehead atoms. The molecule has 4 rings (SSSR count). The Labute approximate surface area is 169 Å². The molecule has 0 saturated carbocycles. The van der Waals surface area contributed by atoms with Crippen LogP contribution in [0.15, 0.2) is 52.3 Å². The van der Waals surface area contributed by atoms with Gasteiger partial charge in [0.25, 0.3) is 0 Å². The van der Waals surface area contributed by atoms with Crippen LogP contribution in [-0.4, -0.2) is 42.9 Å². The number of alkyl halides is 3. The van der Waals surface area contributed by atoms with Gasteiger partial charge in [0.2, 0.25) is 11.8 Å². The summed E-state index contributed by atoms with van der Waals surface area (Å²) in [6, 6.07) is 11.4. The van der Waals surface area contributed by atoms with Crippen LogP contribution in [0.25, 0.3) is 0 Å². The van der Waals surface area contributed by atoms with Gasteiger partial charge in [-0.25, -0.2) is 0 Å². The van der Waals surface area contributed by atoms with E-state index in [2.05, 4.69) is 5.32 Å². The number of nitrogens with zero attached hydrogens (tertiary/aromatic N) is 2. The third-order valence-corrected chi connectivity index (χ3v) is 5.95. The highest BCUT2D eigenvalue weighted by Gasteiger charge is 2.33. The molecule has 0 radical (unpaired) electrons. The lowest BCUT2D eigenvalue weighted by Crippen LogP contribution is -2.51. The third-order valence-electron chi connectivity index (χ3n) is 4.82. The van der Waals surface area contributed by atoms with E-state index in [9.17, 15) is 22.8 Å². The Morgan fingerprint density at radius 2 is 1.62 bits per heavy atom. The lowest BCUT2D eigenvalue weighted by atomic mass is 10.1. The Morgan fingerprint density at radius 1 is 0.931 bits per heavy atom. The molecule has 0 atom stereocenters. The first-order valence-corrected chi connectivity index (χ1v) is 9.93. The van der Waals surface area contributed by atoms with E-state index in [0.29, 0.717) is 25.2 Å². The molecule has 2 aliphatic heterocycles. The molecular formula is C20H18F3N3O2S. The van der Waals surface area contributed by atoms with Crippen LogP contribution >= 0.6 is 11.8 Å². The number of halogens is 3. The second kappa shape index (κ2) is 7.72. The Balaban J connectivity index is 1.57. The molecule has 0 spiro atoms. The van der Waals surface area contributed by atoms with Crippen LogP contribution in [-0.2, 0) is 15.8 Å². The summed E-state index contributed by atoms with van der Waals surface area (Å²) in [6.07, 6.45) is -3.82. The molecule has 2 aromatic carbocycles. The summed E-state index contributed by atoms with van der Waals surface area (Å²) >= 11 is 1.45. The number of anilines is 2. The van der Waals surface area contributed by atoms with Crippen molar-refractivity contribution in [3.05, 3.63) is 48.0 Å².